The Kier molecular flexibility index (Phi) is 2.64. The lowest BCUT2D eigenvalue weighted by Gasteiger charge is -2.13. The topological polar surface area (TPSA) is 3.88 Å². The number of aromatic nitrogens is 1. The monoisotopic (exact) mass is 189 g/mol. The van der Waals surface area contributed by atoms with Gasteiger partial charge in [0.2, 0.25) is 0 Å². The number of pyridine rings is 1. The zero-order valence-corrected chi connectivity index (χ0v) is 7.55. The Balaban J connectivity index is 2.94. The Morgan fingerprint density at radius 1 is 1.15 bits per heavy atom. The molecule has 0 aliphatic heterocycles. The normalized spacial score (nSPS) is 12.2. The summed E-state index contributed by atoms with van der Waals surface area (Å²) in [6, 6.07) is 2.41. The molecule has 0 saturated heterocycles. The van der Waals surface area contributed by atoms with Gasteiger partial charge in [0, 0.05) is 0 Å². The Labute approximate surface area is 75.3 Å². The molecule has 0 amide bonds. The summed E-state index contributed by atoms with van der Waals surface area (Å²) in [5.74, 6) is 0. The fourth-order valence-electron chi connectivity index (χ4n) is 1.01. The maximum Gasteiger partial charge on any atom is 0.510 e. The van der Waals surface area contributed by atoms with Crippen LogP contribution in [0.5, 0.6) is 0 Å². The summed E-state index contributed by atoms with van der Waals surface area (Å²) in [5, 5.41) is 0. The minimum absolute atomic E-state index is 0.190. The van der Waals surface area contributed by atoms with E-state index in [0.29, 0.717) is 0 Å². The van der Waals surface area contributed by atoms with Gasteiger partial charge < -0.3 is 12.9 Å². The highest BCUT2D eigenvalue weighted by atomic mass is 19.4. The minimum atomic E-state index is -4.85. The second-order valence-electron chi connectivity index (χ2n) is 3.25. The van der Waals surface area contributed by atoms with Gasteiger partial charge in [-0.3, -0.25) is 0 Å². The van der Waals surface area contributed by atoms with E-state index in [2.05, 4.69) is 0 Å². The second kappa shape index (κ2) is 3.40. The van der Waals surface area contributed by atoms with E-state index in [1.165, 1.54) is 12.4 Å². The van der Waals surface area contributed by atoms with Crippen molar-refractivity contribution >= 4 is 12.4 Å². The summed E-state index contributed by atoms with van der Waals surface area (Å²) in [4.78, 5) is 0. The molecule has 1 aromatic heterocycles. The largest absolute Gasteiger partial charge is 0.510 e. The molecule has 0 radical (unpaired) electrons. The van der Waals surface area contributed by atoms with Crippen LogP contribution >= 0.6 is 0 Å². The van der Waals surface area contributed by atoms with Crippen molar-refractivity contribution in [3.8, 4) is 0 Å². The highest BCUT2D eigenvalue weighted by Crippen LogP contribution is 2.07. The predicted octanol–water partition coefficient (Wildman–Crippen LogP) is 1.61. The van der Waals surface area contributed by atoms with Crippen molar-refractivity contribution in [2.24, 2.45) is 0 Å². The molecule has 1 nitrogen and oxygen atoms in total. The van der Waals surface area contributed by atoms with E-state index in [4.69, 9.17) is 0 Å². The van der Waals surface area contributed by atoms with Crippen LogP contribution in [0.25, 0.3) is 0 Å². The Hall–Kier alpha value is -0.995. The highest BCUT2D eigenvalue weighted by Gasteiger charge is 2.26. The molecule has 72 valence electrons. The van der Waals surface area contributed by atoms with Crippen LogP contribution in [-0.2, 0) is 0 Å². The number of hydrogen-bond donors (Lipinski definition) is 0. The van der Waals surface area contributed by atoms with Gasteiger partial charge in [0.05, 0.1) is 0 Å². The molecule has 0 saturated carbocycles. The van der Waals surface area contributed by atoms with Crippen molar-refractivity contribution in [3.63, 3.8) is 0 Å². The van der Waals surface area contributed by atoms with Gasteiger partial charge in [0.15, 0.2) is 18.4 Å². The summed E-state index contributed by atoms with van der Waals surface area (Å²) in [7, 11) is 0. The Bertz CT molecular complexity index is 278. The first kappa shape index (κ1) is 10.1. The molecule has 1 heterocycles. The van der Waals surface area contributed by atoms with Crippen LogP contribution in [0.15, 0.2) is 24.5 Å². The molecule has 0 fully saturated rings. The van der Waals surface area contributed by atoms with Gasteiger partial charge in [-0.25, -0.2) is 4.57 Å². The van der Waals surface area contributed by atoms with Crippen LogP contribution in [0.1, 0.15) is 19.9 Å². The lowest BCUT2D eigenvalue weighted by atomic mass is 9.81. The third-order valence-electron chi connectivity index (χ3n) is 1.85. The maximum absolute atomic E-state index is 12.2. The van der Waals surface area contributed by atoms with Crippen LogP contribution in [0.2, 0.25) is 0 Å². The maximum atomic E-state index is 12.2. The second-order valence-corrected chi connectivity index (χ2v) is 3.25. The van der Waals surface area contributed by atoms with E-state index >= 15 is 0 Å². The average molecular weight is 189 g/mol. The van der Waals surface area contributed by atoms with E-state index in [9.17, 15) is 12.9 Å². The fraction of sp³-hybridized carbons (Fsp3) is 0.375. The summed E-state index contributed by atoms with van der Waals surface area (Å²) in [5.41, 5.74) is -0.545. The van der Waals surface area contributed by atoms with Crippen LogP contribution in [0, 0.1) is 0 Å². The van der Waals surface area contributed by atoms with E-state index in [-0.39, 0.29) is 6.04 Å². The zero-order valence-electron chi connectivity index (χ0n) is 7.55. The molecule has 0 spiro atoms. The molecule has 0 bridgehead atoms. The molecule has 0 aliphatic rings. The predicted molar refractivity (Wildman–Crippen MR) is 45.7 cm³/mol. The summed E-state index contributed by atoms with van der Waals surface area (Å²) < 4.78 is 38.2. The van der Waals surface area contributed by atoms with Crippen molar-refractivity contribution in [1.82, 2.24) is 0 Å². The standard InChI is InChI=1S/C8H11BF3N/c1-7(2)13-5-3-8(4-6-13)9(10,11)12/h3-7H,1-2H3. The van der Waals surface area contributed by atoms with Crippen molar-refractivity contribution < 1.29 is 17.5 Å². The van der Waals surface area contributed by atoms with E-state index in [0.717, 1.165) is 12.1 Å². The highest BCUT2D eigenvalue weighted by molar-refractivity contribution is 6.73. The lowest BCUT2D eigenvalue weighted by Crippen LogP contribution is -2.41. The molecule has 0 unspecified atom stereocenters. The van der Waals surface area contributed by atoms with Gasteiger partial charge in [-0.1, -0.05) is 5.46 Å². The first-order valence-electron chi connectivity index (χ1n) is 4.12. The van der Waals surface area contributed by atoms with E-state index < -0.39 is 12.4 Å². The Morgan fingerprint density at radius 2 is 1.62 bits per heavy atom. The Morgan fingerprint density at radius 3 is 1.92 bits per heavy atom. The third kappa shape index (κ3) is 2.47. The molecule has 0 atom stereocenters. The molecule has 0 aromatic carbocycles. The molecular formula is C8H11BF3N. The van der Waals surface area contributed by atoms with Crippen LogP contribution in [0.4, 0.5) is 12.9 Å². The molecule has 1 aromatic rings. The zero-order chi connectivity index (χ0) is 10.1. The van der Waals surface area contributed by atoms with Crippen molar-refractivity contribution in [1.29, 1.82) is 0 Å². The van der Waals surface area contributed by atoms with E-state index in [1.807, 2.05) is 13.8 Å². The van der Waals surface area contributed by atoms with E-state index in [1.54, 1.807) is 4.57 Å². The van der Waals surface area contributed by atoms with Crippen LogP contribution < -0.4 is 10.0 Å². The van der Waals surface area contributed by atoms with Gasteiger partial charge in [0.1, 0.15) is 0 Å². The van der Waals surface area contributed by atoms with Gasteiger partial charge in [-0.15, -0.1) is 0 Å². The SMILES string of the molecule is CC(C)[n+]1ccc([B-](F)(F)F)cc1. The minimum Gasteiger partial charge on any atom is -0.445 e. The van der Waals surface area contributed by atoms with Gasteiger partial charge in [-0.2, -0.15) is 0 Å². The molecular weight excluding hydrogens is 178 g/mol. The first-order valence-corrected chi connectivity index (χ1v) is 4.12. The summed E-state index contributed by atoms with van der Waals surface area (Å²) >= 11 is 0. The number of hydrogen-bond acceptors (Lipinski definition) is 0. The van der Waals surface area contributed by atoms with Crippen LogP contribution in [-0.4, -0.2) is 6.98 Å². The molecule has 13 heavy (non-hydrogen) atoms. The molecule has 1 rings (SSSR count). The summed E-state index contributed by atoms with van der Waals surface area (Å²) in [6.07, 6.45) is 2.91. The third-order valence-corrected chi connectivity index (χ3v) is 1.85. The lowest BCUT2D eigenvalue weighted by molar-refractivity contribution is -0.716. The first-order chi connectivity index (χ1) is 5.91. The number of rotatable bonds is 2. The van der Waals surface area contributed by atoms with Gasteiger partial charge in [-0.05, 0) is 26.0 Å². The summed E-state index contributed by atoms with van der Waals surface area (Å²) in [6.45, 7) is -1.02. The molecule has 5 heteroatoms. The van der Waals surface area contributed by atoms with Gasteiger partial charge >= 0.3 is 6.98 Å². The fourth-order valence-corrected chi connectivity index (χ4v) is 1.01. The van der Waals surface area contributed by atoms with Crippen LogP contribution in [0.3, 0.4) is 0 Å². The number of nitrogens with zero attached hydrogens (tertiary/aromatic N) is 1. The average Bonchev–Trinajstić information content (AvgIpc) is 2.03. The van der Waals surface area contributed by atoms with Crippen molar-refractivity contribution in [3.05, 3.63) is 24.5 Å². The van der Waals surface area contributed by atoms with Crippen molar-refractivity contribution in [2.75, 3.05) is 0 Å². The molecule has 0 N–H and O–H groups in total. The van der Waals surface area contributed by atoms with Gasteiger partial charge in [0.25, 0.3) is 0 Å². The smallest absolute Gasteiger partial charge is 0.445 e. The van der Waals surface area contributed by atoms with Crippen molar-refractivity contribution in [2.45, 2.75) is 19.9 Å². The molecule has 0 aliphatic carbocycles. The quantitative estimate of drug-likeness (QED) is 0.491. The number of halogens is 3.